The van der Waals surface area contributed by atoms with Gasteiger partial charge in [-0.3, -0.25) is 4.90 Å². The van der Waals surface area contributed by atoms with Crippen LogP contribution in [0.2, 0.25) is 0 Å². The Labute approximate surface area is 123 Å². The van der Waals surface area contributed by atoms with Crippen LogP contribution < -0.4 is 4.90 Å². The summed E-state index contributed by atoms with van der Waals surface area (Å²) in [7, 11) is 0. The van der Waals surface area contributed by atoms with Crippen LogP contribution in [0.25, 0.3) is 6.08 Å². The van der Waals surface area contributed by atoms with Gasteiger partial charge in [0.2, 0.25) is 0 Å². The zero-order valence-electron chi connectivity index (χ0n) is 11.8. The van der Waals surface area contributed by atoms with Gasteiger partial charge in [-0.05, 0) is 42.7 Å². The van der Waals surface area contributed by atoms with Gasteiger partial charge in [0, 0.05) is 44.0 Å². The van der Waals surface area contributed by atoms with E-state index in [0.717, 1.165) is 44.0 Å². The first-order chi connectivity index (χ1) is 10.1. The summed E-state index contributed by atoms with van der Waals surface area (Å²) < 4.78 is 13.7. The molecule has 4 nitrogen and oxygen atoms in total. The van der Waals surface area contributed by atoms with Gasteiger partial charge in [0.05, 0.1) is 0 Å². The Balaban J connectivity index is 1.71. The quantitative estimate of drug-likeness (QED) is 0.864. The number of hydrogen-bond acceptors (Lipinski definition) is 3. The van der Waals surface area contributed by atoms with Crippen LogP contribution in [0.1, 0.15) is 18.4 Å². The lowest BCUT2D eigenvalue weighted by Gasteiger charge is -2.36. The minimum atomic E-state index is -1.03. The van der Waals surface area contributed by atoms with Crippen LogP contribution >= 0.6 is 0 Å². The lowest BCUT2D eigenvalue weighted by Crippen LogP contribution is -2.47. The van der Waals surface area contributed by atoms with Crippen molar-refractivity contribution in [2.75, 3.05) is 31.1 Å². The molecule has 2 aliphatic rings. The van der Waals surface area contributed by atoms with Gasteiger partial charge < -0.3 is 10.0 Å². The first kappa shape index (κ1) is 14.1. The Bertz CT molecular complexity index is 561. The molecule has 1 saturated heterocycles. The highest BCUT2D eigenvalue weighted by atomic mass is 19.1. The van der Waals surface area contributed by atoms with Crippen molar-refractivity contribution in [1.29, 1.82) is 0 Å². The predicted molar refractivity (Wildman–Crippen MR) is 79.9 cm³/mol. The molecule has 0 spiro atoms. The Morgan fingerprint density at radius 2 is 1.90 bits per heavy atom. The van der Waals surface area contributed by atoms with Crippen LogP contribution in [0.5, 0.6) is 0 Å². The monoisotopic (exact) mass is 290 g/mol. The SMILES string of the molecule is O=C(O)/C=C/c1cc(F)cc(N2CCN(C3CC3)CC2)c1. The lowest BCUT2D eigenvalue weighted by molar-refractivity contribution is -0.131. The summed E-state index contributed by atoms with van der Waals surface area (Å²) >= 11 is 0. The van der Waals surface area contributed by atoms with E-state index in [1.807, 2.05) is 6.07 Å². The molecule has 5 heteroatoms. The molecule has 0 unspecified atom stereocenters. The maximum Gasteiger partial charge on any atom is 0.328 e. The molecule has 1 N–H and O–H groups in total. The Morgan fingerprint density at radius 3 is 2.52 bits per heavy atom. The Hall–Kier alpha value is -1.88. The molecule has 0 bridgehead atoms. The van der Waals surface area contributed by atoms with Gasteiger partial charge in [0.15, 0.2) is 0 Å². The van der Waals surface area contributed by atoms with E-state index >= 15 is 0 Å². The average molecular weight is 290 g/mol. The smallest absolute Gasteiger partial charge is 0.328 e. The van der Waals surface area contributed by atoms with Crippen molar-refractivity contribution in [3.63, 3.8) is 0 Å². The molecular weight excluding hydrogens is 271 g/mol. The second kappa shape index (κ2) is 5.85. The fourth-order valence-corrected chi connectivity index (χ4v) is 2.83. The molecule has 21 heavy (non-hydrogen) atoms. The molecule has 1 saturated carbocycles. The van der Waals surface area contributed by atoms with Crippen molar-refractivity contribution in [1.82, 2.24) is 4.90 Å². The van der Waals surface area contributed by atoms with Crippen molar-refractivity contribution < 1.29 is 14.3 Å². The zero-order chi connectivity index (χ0) is 14.8. The van der Waals surface area contributed by atoms with E-state index in [9.17, 15) is 9.18 Å². The second-order valence-electron chi connectivity index (χ2n) is 5.67. The van der Waals surface area contributed by atoms with E-state index in [0.29, 0.717) is 5.56 Å². The number of nitrogens with zero attached hydrogens (tertiary/aromatic N) is 2. The maximum atomic E-state index is 13.7. The van der Waals surface area contributed by atoms with Gasteiger partial charge >= 0.3 is 5.97 Å². The van der Waals surface area contributed by atoms with Crippen LogP contribution in [0.4, 0.5) is 10.1 Å². The number of halogens is 1. The van der Waals surface area contributed by atoms with E-state index in [4.69, 9.17) is 5.11 Å². The summed E-state index contributed by atoms with van der Waals surface area (Å²) in [5.41, 5.74) is 1.41. The van der Waals surface area contributed by atoms with Crippen molar-refractivity contribution in [2.24, 2.45) is 0 Å². The van der Waals surface area contributed by atoms with E-state index in [1.165, 1.54) is 31.1 Å². The lowest BCUT2D eigenvalue weighted by atomic mass is 10.1. The number of rotatable bonds is 4. The second-order valence-corrected chi connectivity index (χ2v) is 5.67. The first-order valence-electron chi connectivity index (χ1n) is 7.32. The van der Waals surface area contributed by atoms with Crippen molar-refractivity contribution in [2.45, 2.75) is 18.9 Å². The van der Waals surface area contributed by atoms with Gasteiger partial charge in [-0.25, -0.2) is 9.18 Å². The number of aliphatic carboxylic acids is 1. The molecule has 0 amide bonds. The molecule has 1 aromatic rings. The molecule has 1 aliphatic heterocycles. The summed E-state index contributed by atoms with van der Waals surface area (Å²) in [4.78, 5) is 15.2. The van der Waals surface area contributed by atoms with Crippen LogP contribution in [0.15, 0.2) is 24.3 Å². The fourth-order valence-electron chi connectivity index (χ4n) is 2.83. The number of carboxylic acid groups (broad SMARTS) is 1. The molecule has 0 atom stereocenters. The number of anilines is 1. The molecule has 2 fully saturated rings. The molecule has 112 valence electrons. The number of piperazine rings is 1. The summed E-state index contributed by atoms with van der Waals surface area (Å²) in [6.07, 6.45) is 5.08. The highest BCUT2D eigenvalue weighted by Gasteiger charge is 2.31. The van der Waals surface area contributed by atoms with Crippen molar-refractivity contribution in [3.05, 3.63) is 35.7 Å². The molecule has 1 aromatic carbocycles. The minimum Gasteiger partial charge on any atom is -0.478 e. The molecule has 1 heterocycles. The van der Waals surface area contributed by atoms with E-state index in [2.05, 4.69) is 9.80 Å². The first-order valence-corrected chi connectivity index (χ1v) is 7.32. The molecular formula is C16H19FN2O2. The number of benzene rings is 1. The predicted octanol–water partition coefficient (Wildman–Crippen LogP) is 2.21. The van der Waals surface area contributed by atoms with E-state index in [-0.39, 0.29) is 5.82 Å². The normalized spacial score (nSPS) is 20.1. The van der Waals surface area contributed by atoms with Crippen LogP contribution in [0, 0.1) is 5.82 Å². The van der Waals surface area contributed by atoms with Crippen LogP contribution in [0.3, 0.4) is 0 Å². The topological polar surface area (TPSA) is 43.8 Å². The van der Waals surface area contributed by atoms with E-state index < -0.39 is 5.97 Å². The molecule has 0 aromatic heterocycles. The Morgan fingerprint density at radius 1 is 1.19 bits per heavy atom. The standard InChI is InChI=1S/C16H19FN2O2/c17-13-9-12(1-4-16(20)21)10-15(11-13)19-7-5-18(6-8-19)14-2-3-14/h1,4,9-11,14H,2-3,5-8H2,(H,20,21)/b4-1+. The van der Waals surface area contributed by atoms with Gasteiger partial charge in [-0.15, -0.1) is 0 Å². The minimum absolute atomic E-state index is 0.331. The summed E-state index contributed by atoms with van der Waals surface area (Å²) in [6, 6.07) is 5.48. The summed E-state index contributed by atoms with van der Waals surface area (Å²) in [5.74, 6) is -1.36. The average Bonchev–Trinajstić information content (AvgIpc) is 3.29. The van der Waals surface area contributed by atoms with Crippen molar-refractivity contribution >= 4 is 17.7 Å². The van der Waals surface area contributed by atoms with Crippen LogP contribution in [-0.2, 0) is 4.79 Å². The van der Waals surface area contributed by atoms with Gasteiger partial charge in [0.25, 0.3) is 0 Å². The number of hydrogen-bond donors (Lipinski definition) is 1. The largest absolute Gasteiger partial charge is 0.478 e. The molecule has 3 rings (SSSR count). The number of carboxylic acids is 1. The van der Waals surface area contributed by atoms with Crippen LogP contribution in [-0.4, -0.2) is 48.2 Å². The highest BCUT2D eigenvalue weighted by molar-refractivity contribution is 5.85. The highest BCUT2D eigenvalue weighted by Crippen LogP contribution is 2.29. The molecule has 0 radical (unpaired) electrons. The zero-order valence-corrected chi connectivity index (χ0v) is 11.8. The van der Waals surface area contributed by atoms with Gasteiger partial charge in [-0.1, -0.05) is 0 Å². The van der Waals surface area contributed by atoms with Crippen molar-refractivity contribution in [3.8, 4) is 0 Å². The Kier molecular flexibility index (Phi) is 3.92. The summed E-state index contributed by atoms with van der Waals surface area (Å²) in [6.45, 7) is 3.81. The number of carbonyl (C=O) groups is 1. The fraction of sp³-hybridized carbons (Fsp3) is 0.438. The summed E-state index contributed by atoms with van der Waals surface area (Å²) in [5, 5.41) is 8.65. The van der Waals surface area contributed by atoms with Gasteiger partial charge in [-0.2, -0.15) is 0 Å². The third-order valence-corrected chi connectivity index (χ3v) is 4.07. The van der Waals surface area contributed by atoms with E-state index in [1.54, 1.807) is 0 Å². The third-order valence-electron chi connectivity index (χ3n) is 4.07. The maximum absolute atomic E-state index is 13.7. The molecule has 1 aliphatic carbocycles. The van der Waals surface area contributed by atoms with Gasteiger partial charge in [0.1, 0.15) is 5.82 Å². The third kappa shape index (κ3) is 3.61.